The topological polar surface area (TPSA) is 79.9 Å². The van der Waals surface area contributed by atoms with Crippen LogP contribution in [0.1, 0.15) is 61.9 Å². The number of aromatic amines is 1. The minimum atomic E-state index is -0.389. The van der Waals surface area contributed by atoms with E-state index in [9.17, 15) is 4.79 Å². The van der Waals surface area contributed by atoms with Gasteiger partial charge >= 0.3 is 5.91 Å². The lowest BCUT2D eigenvalue weighted by atomic mass is 10.2. The van der Waals surface area contributed by atoms with Crippen LogP contribution in [0.4, 0.5) is 0 Å². The lowest BCUT2D eigenvalue weighted by Gasteiger charge is -2.09. The molecule has 0 spiro atoms. The Morgan fingerprint density at radius 1 is 1.47 bits per heavy atom. The van der Waals surface area contributed by atoms with Crippen molar-refractivity contribution in [1.29, 1.82) is 0 Å². The maximum Gasteiger partial charge on any atom is 0.314 e. The molecule has 1 aliphatic carbocycles. The zero-order valence-corrected chi connectivity index (χ0v) is 10.2. The van der Waals surface area contributed by atoms with E-state index in [0.29, 0.717) is 5.82 Å². The van der Waals surface area contributed by atoms with E-state index < -0.39 is 0 Å². The summed E-state index contributed by atoms with van der Waals surface area (Å²) in [5, 5.41) is 6.59. The number of amides is 1. The standard InChI is InChI=1S/C11H18N4O2/c1-7(2)9-12-10(14-13-9)11(16)15-17-8-5-3-4-6-8/h7-8H,3-6H2,1-2H3,(H,15,16)(H,12,13,14). The van der Waals surface area contributed by atoms with E-state index in [0.717, 1.165) is 12.8 Å². The molecule has 1 heterocycles. The fourth-order valence-electron chi connectivity index (χ4n) is 1.82. The largest absolute Gasteiger partial charge is 0.314 e. The van der Waals surface area contributed by atoms with Crippen molar-refractivity contribution in [3.05, 3.63) is 11.6 Å². The molecule has 0 bridgehead atoms. The van der Waals surface area contributed by atoms with E-state index in [4.69, 9.17) is 4.84 Å². The maximum atomic E-state index is 11.7. The number of carbonyl (C=O) groups excluding carboxylic acids is 1. The summed E-state index contributed by atoms with van der Waals surface area (Å²) in [6.07, 6.45) is 4.48. The van der Waals surface area contributed by atoms with E-state index in [-0.39, 0.29) is 23.8 Å². The van der Waals surface area contributed by atoms with E-state index >= 15 is 0 Å². The zero-order valence-electron chi connectivity index (χ0n) is 10.2. The van der Waals surface area contributed by atoms with Crippen LogP contribution < -0.4 is 5.48 Å². The molecular formula is C11H18N4O2. The number of H-pyrrole nitrogens is 1. The van der Waals surface area contributed by atoms with Crippen LogP contribution in [0.3, 0.4) is 0 Å². The van der Waals surface area contributed by atoms with Crippen molar-refractivity contribution in [2.45, 2.75) is 51.6 Å². The number of hydrogen-bond donors (Lipinski definition) is 2. The van der Waals surface area contributed by atoms with Gasteiger partial charge in [-0.05, 0) is 12.8 Å². The molecule has 17 heavy (non-hydrogen) atoms. The first-order chi connectivity index (χ1) is 8.16. The Kier molecular flexibility index (Phi) is 3.73. The molecule has 1 aromatic rings. The van der Waals surface area contributed by atoms with Crippen molar-refractivity contribution < 1.29 is 9.63 Å². The first kappa shape index (κ1) is 12.0. The number of rotatable bonds is 4. The summed E-state index contributed by atoms with van der Waals surface area (Å²) in [6, 6.07) is 0. The third kappa shape index (κ3) is 3.03. The Morgan fingerprint density at radius 2 is 2.18 bits per heavy atom. The van der Waals surface area contributed by atoms with E-state index in [2.05, 4.69) is 20.7 Å². The number of nitrogens with one attached hydrogen (secondary N) is 2. The van der Waals surface area contributed by atoms with Gasteiger partial charge < -0.3 is 0 Å². The highest BCUT2D eigenvalue weighted by Gasteiger charge is 2.19. The SMILES string of the molecule is CC(C)c1nc(C(=O)NOC2CCCC2)n[nH]1. The van der Waals surface area contributed by atoms with Gasteiger partial charge in [0.05, 0.1) is 6.10 Å². The first-order valence-electron chi connectivity index (χ1n) is 6.05. The quantitative estimate of drug-likeness (QED) is 0.779. The van der Waals surface area contributed by atoms with Crippen molar-refractivity contribution in [1.82, 2.24) is 20.7 Å². The van der Waals surface area contributed by atoms with E-state index in [1.54, 1.807) is 0 Å². The monoisotopic (exact) mass is 238 g/mol. The van der Waals surface area contributed by atoms with Gasteiger partial charge in [-0.1, -0.05) is 26.7 Å². The lowest BCUT2D eigenvalue weighted by molar-refractivity contribution is -0.0130. The van der Waals surface area contributed by atoms with Crippen molar-refractivity contribution in [2.24, 2.45) is 0 Å². The van der Waals surface area contributed by atoms with E-state index in [1.165, 1.54) is 12.8 Å². The Morgan fingerprint density at radius 3 is 2.76 bits per heavy atom. The molecule has 1 aromatic heterocycles. The summed E-state index contributed by atoms with van der Waals surface area (Å²) in [7, 11) is 0. The number of aromatic nitrogens is 3. The Balaban J connectivity index is 1.85. The molecule has 0 aliphatic heterocycles. The minimum absolute atomic E-state index is 0.131. The molecule has 94 valence electrons. The Hall–Kier alpha value is -1.43. The van der Waals surface area contributed by atoms with Crippen molar-refractivity contribution in [3.63, 3.8) is 0 Å². The summed E-state index contributed by atoms with van der Waals surface area (Å²) < 4.78 is 0. The molecule has 1 fully saturated rings. The molecule has 2 N–H and O–H groups in total. The van der Waals surface area contributed by atoms with Gasteiger partial charge in [-0.2, -0.15) is 0 Å². The normalized spacial score (nSPS) is 16.6. The second kappa shape index (κ2) is 5.27. The highest BCUT2D eigenvalue weighted by molar-refractivity contribution is 5.89. The third-order valence-electron chi connectivity index (χ3n) is 2.87. The van der Waals surface area contributed by atoms with Crippen LogP contribution in [0.15, 0.2) is 0 Å². The van der Waals surface area contributed by atoms with Crippen molar-refractivity contribution in [3.8, 4) is 0 Å². The fourth-order valence-corrected chi connectivity index (χ4v) is 1.82. The zero-order chi connectivity index (χ0) is 12.3. The van der Waals surface area contributed by atoms with Crippen LogP contribution in [0.25, 0.3) is 0 Å². The number of hydroxylamine groups is 1. The van der Waals surface area contributed by atoms with Crippen LogP contribution in [0, 0.1) is 0 Å². The van der Waals surface area contributed by atoms with Crippen LogP contribution in [0.5, 0.6) is 0 Å². The summed E-state index contributed by atoms with van der Waals surface area (Å²) >= 11 is 0. The van der Waals surface area contributed by atoms with E-state index in [1.807, 2.05) is 13.8 Å². The highest BCUT2D eigenvalue weighted by atomic mass is 16.7. The van der Waals surface area contributed by atoms with Crippen LogP contribution in [0.2, 0.25) is 0 Å². The van der Waals surface area contributed by atoms with Crippen LogP contribution in [-0.4, -0.2) is 27.2 Å². The minimum Gasteiger partial charge on any atom is -0.270 e. The maximum absolute atomic E-state index is 11.7. The summed E-state index contributed by atoms with van der Waals surface area (Å²) in [6.45, 7) is 3.97. The second-order valence-corrected chi connectivity index (χ2v) is 4.65. The molecule has 0 saturated heterocycles. The van der Waals surface area contributed by atoms with Gasteiger partial charge in [0.25, 0.3) is 0 Å². The van der Waals surface area contributed by atoms with Gasteiger partial charge in [0.2, 0.25) is 5.82 Å². The molecule has 0 aromatic carbocycles. The highest BCUT2D eigenvalue weighted by Crippen LogP contribution is 2.19. The molecule has 6 nitrogen and oxygen atoms in total. The smallest absolute Gasteiger partial charge is 0.270 e. The number of hydrogen-bond acceptors (Lipinski definition) is 4. The molecule has 0 atom stereocenters. The predicted octanol–water partition coefficient (Wildman–Crippen LogP) is 1.53. The van der Waals surface area contributed by atoms with Gasteiger partial charge in [0.15, 0.2) is 0 Å². The molecular weight excluding hydrogens is 220 g/mol. The predicted molar refractivity (Wildman–Crippen MR) is 61.3 cm³/mol. The van der Waals surface area contributed by atoms with Gasteiger partial charge in [-0.3, -0.25) is 14.7 Å². The fraction of sp³-hybridized carbons (Fsp3) is 0.727. The molecule has 1 aliphatic rings. The number of carbonyl (C=O) groups is 1. The van der Waals surface area contributed by atoms with Gasteiger partial charge in [-0.15, -0.1) is 5.10 Å². The van der Waals surface area contributed by atoms with Gasteiger partial charge in [-0.25, -0.2) is 10.5 Å². The van der Waals surface area contributed by atoms with Gasteiger partial charge in [0, 0.05) is 5.92 Å². The molecule has 1 amide bonds. The van der Waals surface area contributed by atoms with Crippen molar-refractivity contribution >= 4 is 5.91 Å². The van der Waals surface area contributed by atoms with Crippen molar-refractivity contribution in [2.75, 3.05) is 0 Å². The summed E-state index contributed by atoms with van der Waals surface area (Å²) in [5.41, 5.74) is 2.41. The average molecular weight is 238 g/mol. The molecule has 0 unspecified atom stereocenters. The van der Waals surface area contributed by atoms with Gasteiger partial charge in [0.1, 0.15) is 5.82 Å². The first-order valence-corrected chi connectivity index (χ1v) is 6.05. The van der Waals surface area contributed by atoms with Crippen LogP contribution >= 0.6 is 0 Å². The Bertz CT molecular complexity index is 383. The lowest BCUT2D eigenvalue weighted by Crippen LogP contribution is -2.29. The third-order valence-corrected chi connectivity index (χ3v) is 2.87. The Labute approximate surface area is 100 Å². The van der Waals surface area contributed by atoms with Crippen LogP contribution in [-0.2, 0) is 4.84 Å². The second-order valence-electron chi connectivity index (χ2n) is 4.65. The summed E-state index contributed by atoms with van der Waals surface area (Å²) in [4.78, 5) is 21.0. The molecule has 0 radical (unpaired) electrons. The molecule has 6 heteroatoms. The molecule has 1 saturated carbocycles. The average Bonchev–Trinajstić information content (AvgIpc) is 2.96. The molecule has 2 rings (SSSR count). The number of nitrogens with zero attached hydrogens (tertiary/aromatic N) is 2. The summed E-state index contributed by atoms with van der Waals surface area (Å²) in [5.74, 6) is 0.669.